The molecule has 0 radical (unpaired) electrons. The van der Waals surface area contributed by atoms with Crippen LogP contribution in [0, 0.1) is 5.92 Å². The lowest BCUT2D eigenvalue weighted by Gasteiger charge is -2.15. The molecule has 0 spiro atoms. The monoisotopic (exact) mass is 245 g/mol. The number of amides is 1. The lowest BCUT2D eigenvalue weighted by atomic mass is 10.1. The molecule has 1 unspecified atom stereocenters. The van der Waals surface area contributed by atoms with Crippen molar-refractivity contribution in [1.29, 1.82) is 0 Å². The lowest BCUT2D eigenvalue weighted by molar-refractivity contribution is -0.117. The molecule has 1 atom stereocenters. The standard InChI is InChI=1S/C12H11N3OS/c1-2-8-5-12(16)15(7-8)9-3-4-10-11(6-9)14-17-13-10/h2-4,6,8H,1,5,7H2. The zero-order valence-corrected chi connectivity index (χ0v) is 9.98. The number of rotatable bonds is 2. The van der Waals surface area contributed by atoms with Crippen molar-refractivity contribution in [3.8, 4) is 0 Å². The Balaban J connectivity index is 1.98. The molecule has 1 fully saturated rings. The number of hydrogen-bond donors (Lipinski definition) is 0. The summed E-state index contributed by atoms with van der Waals surface area (Å²) in [4.78, 5) is 13.7. The highest BCUT2D eigenvalue weighted by atomic mass is 32.1. The summed E-state index contributed by atoms with van der Waals surface area (Å²) in [6.07, 6.45) is 2.40. The molecule has 4 nitrogen and oxygen atoms in total. The van der Waals surface area contributed by atoms with Gasteiger partial charge in [0.15, 0.2) is 0 Å². The third-order valence-corrected chi connectivity index (χ3v) is 3.59. The summed E-state index contributed by atoms with van der Waals surface area (Å²) >= 11 is 1.19. The van der Waals surface area contributed by atoms with E-state index in [0.717, 1.165) is 16.7 Å². The van der Waals surface area contributed by atoms with Gasteiger partial charge in [-0.2, -0.15) is 8.75 Å². The molecular weight excluding hydrogens is 234 g/mol. The van der Waals surface area contributed by atoms with E-state index in [9.17, 15) is 4.79 Å². The first kappa shape index (κ1) is 10.4. The molecule has 1 saturated heterocycles. The van der Waals surface area contributed by atoms with E-state index in [1.54, 1.807) is 4.90 Å². The number of nitrogens with zero attached hydrogens (tertiary/aromatic N) is 3. The minimum Gasteiger partial charge on any atom is -0.312 e. The number of anilines is 1. The van der Waals surface area contributed by atoms with E-state index in [1.165, 1.54) is 11.7 Å². The Labute approximate surface area is 103 Å². The molecular formula is C12H11N3OS. The molecule has 0 aliphatic carbocycles. The Bertz CT molecular complexity index is 592. The van der Waals surface area contributed by atoms with Gasteiger partial charge in [-0.15, -0.1) is 6.58 Å². The fourth-order valence-electron chi connectivity index (χ4n) is 2.08. The van der Waals surface area contributed by atoms with Gasteiger partial charge in [0.05, 0.1) is 11.7 Å². The quantitative estimate of drug-likeness (QED) is 0.762. The van der Waals surface area contributed by atoms with E-state index >= 15 is 0 Å². The Kier molecular flexibility index (Phi) is 2.40. The fourth-order valence-corrected chi connectivity index (χ4v) is 2.60. The maximum atomic E-state index is 11.9. The van der Waals surface area contributed by atoms with Crippen LogP contribution >= 0.6 is 11.7 Å². The number of fused-ring (bicyclic) bond motifs is 1. The first-order valence-corrected chi connectivity index (χ1v) is 6.16. The Morgan fingerprint density at radius 1 is 1.41 bits per heavy atom. The van der Waals surface area contributed by atoms with Crippen molar-refractivity contribution in [1.82, 2.24) is 8.75 Å². The summed E-state index contributed by atoms with van der Waals surface area (Å²) in [5, 5.41) is 0. The van der Waals surface area contributed by atoms with E-state index in [1.807, 2.05) is 24.3 Å². The highest BCUT2D eigenvalue weighted by Gasteiger charge is 2.28. The van der Waals surface area contributed by atoms with Crippen LogP contribution < -0.4 is 4.90 Å². The average Bonchev–Trinajstić information content (AvgIpc) is 2.93. The predicted octanol–water partition coefficient (Wildman–Crippen LogP) is 2.23. The number of aromatic nitrogens is 2. The van der Waals surface area contributed by atoms with E-state index in [4.69, 9.17) is 0 Å². The fraction of sp³-hybridized carbons (Fsp3) is 0.250. The van der Waals surface area contributed by atoms with Gasteiger partial charge in [0.1, 0.15) is 11.0 Å². The van der Waals surface area contributed by atoms with Crippen molar-refractivity contribution in [3.05, 3.63) is 30.9 Å². The molecule has 3 rings (SSSR count). The largest absolute Gasteiger partial charge is 0.312 e. The molecule has 1 aliphatic heterocycles. The molecule has 86 valence electrons. The van der Waals surface area contributed by atoms with Crippen LogP contribution in [0.15, 0.2) is 30.9 Å². The zero-order valence-electron chi connectivity index (χ0n) is 9.17. The van der Waals surface area contributed by atoms with E-state index in [-0.39, 0.29) is 11.8 Å². The van der Waals surface area contributed by atoms with E-state index in [2.05, 4.69) is 15.3 Å². The summed E-state index contributed by atoms with van der Waals surface area (Å²) in [5.74, 6) is 0.407. The Morgan fingerprint density at radius 2 is 2.24 bits per heavy atom. The second kappa shape index (κ2) is 3.92. The van der Waals surface area contributed by atoms with Gasteiger partial charge in [0.2, 0.25) is 5.91 Å². The number of hydrogen-bond acceptors (Lipinski definition) is 4. The highest BCUT2D eigenvalue weighted by Crippen LogP contribution is 2.27. The Hall–Kier alpha value is -1.75. The van der Waals surface area contributed by atoms with Gasteiger partial charge < -0.3 is 4.90 Å². The zero-order chi connectivity index (χ0) is 11.8. The molecule has 0 bridgehead atoms. The first-order chi connectivity index (χ1) is 8.28. The minimum absolute atomic E-state index is 0.150. The summed E-state index contributed by atoms with van der Waals surface area (Å²) in [6, 6.07) is 5.75. The predicted molar refractivity (Wildman–Crippen MR) is 68.1 cm³/mol. The van der Waals surface area contributed by atoms with Crippen LogP contribution in [0.5, 0.6) is 0 Å². The maximum Gasteiger partial charge on any atom is 0.227 e. The van der Waals surface area contributed by atoms with Crippen LogP contribution in [0.25, 0.3) is 11.0 Å². The van der Waals surface area contributed by atoms with Crippen LogP contribution in [-0.2, 0) is 4.79 Å². The molecule has 0 N–H and O–H groups in total. The van der Waals surface area contributed by atoms with Gasteiger partial charge in [-0.1, -0.05) is 6.08 Å². The summed E-state index contributed by atoms with van der Waals surface area (Å²) in [7, 11) is 0. The van der Waals surface area contributed by atoms with Crippen molar-refractivity contribution < 1.29 is 4.79 Å². The first-order valence-electron chi connectivity index (χ1n) is 5.43. The SMILES string of the molecule is C=CC1CC(=O)N(c2ccc3nsnc3c2)C1. The minimum atomic E-state index is 0.150. The van der Waals surface area contributed by atoms with Crippen LogP contribution in [-0.4, -0.2) is 21.2 Å². The molecule has 17 heavy (non-hydrogen) atoms. The molecule has 1 aromatic heterocycles. The van der Waals surface area contributed by atoms with Crippen molar-refractivity contribution in [2.45, 2.75) is 6.42 Å². The molecule has 2 heterocycles. The third-order valence-electron chi connectivity index (χ3n) is 3.04. The third kappa shape index (κ3) is 1.72. The maximum absolute atomic E-state index is 11.9. The molecule has 1 aromatic carbocycles. The van der Waals surface area contributed by atoms with Gasteiger partial charge in [-0.3, -0.25) is 4.79 Å². The smallest absolute Gasteiger partial charge is 0.227 e. The molecule has 1 amide bonds. The van der Waals surface area contributed by atoms with Crippen LogP contribution in [0.4, 0.5) is 5.69 Å². The van der Waals surface area contributed by atoms with Crippen LogP contribution in [0.2, 0.25) is 0 Å². The second-order valence-corrected chi connectivity index (χ2v) is 4.67. The molecule has 5 heteroatoms. The number of carbonyl (C=O) groups is 1. The van der Waals surface area contributed by atoms with Crippen molar-refractivity contribution >= 4 is 34.4 Å². The van der Waals surface area contributed by atoms with Gasteiger partial charge in [0, 0.05) is 24.6 Å². The summed E-state index contributed by atoms with van der Waals surface area (Å²) < 4.78 is 8.33. The number of carbonyl (C=O) groups excluding carboxylic acids is 1. The number of benzene rings is 1. The van der Waals surface area contributed by atoms with Crippen LogP contribution in [0.3, 0.4) is 0 Å². The molecule has 0 saturated carbocycles. The van der Waals surface area contributed by atoms with Gasteiger partial charge in [-0.25, -0.2) is 0 Å². The van der Waals surface area contributed by atoms with Crippen LogP contribution in [0.1, 0.15) is 6.42 Å². The molecule has 2 aromatic rings. The highest BCUT2D eigenvalue weighted by molar-refractivity contribution is 7.00. The van der Waals surface area contributed by atoms with Gasteiger partial charge in [-0.05, 0) is 18.2 Å². The van der Waals surface area contributed by atoms with Gasteiger partial charge in [0.25, 0.3) is 0 Å². The van der Waals surface area contributed by atoms with Gasteiger partial charge >= 0.3 is 0 Å². The van der Waals surface area contributed by atoms with Crippen molar-refractivity contribution in [2.24, 2.45) is 5.92 Å². The van der Waals surface area contributed by atoms with E-state index in [0.29, 0.717) is 13.0 Å². The Morgan fingerprint density at radius 3 is 3.00 bits per heavy atom. The normalized spacial score (nSPS) is 20.1. The van der Waals surface area contributed by atoms with Crippen molar-refractivity contribution in [2.75, 3.05) is 11.4 Å². The second-order valence-electron chi connectivity index (χ2n) is 4.14. The lowest BCUT2D eigenvalue weighted by Crippen LogP contribution is -2.24. The summed E-state index contributed by atoms with van der Waals surface area (Å²) in [6.45, 7) is 4.46. The molecule has 1 aliphatic rings. The van der Waals surface area contributed by atoms with Crippen molar-refractivity contribution in [3.63, 3.8) is 0 Å². The topological polar surface area (TPSA) is 46.1 Å². The summed E-state index contributed by atoms with van der Waals surface area (Å²) in [5.41, 5.74) is 2.63. The van der Waals surface area contributed by atoms with E-state index < -0.39 is 0 Å². The average molecular weight is 245 g/mol.